The number of ether oxygens (including phenoxy) is 3. The van der Waals surface area contributed by atoms with Gasteiger partial charge in [-0.05, 0) is 24.3 Å². The van der Waals surface area contributed by atoms with E-state index in [0.29, 0.717) is 0 Å². The summed E-state index contributed by atoms with van der Waals surface area (Å²) in [5.41, 5.74) is -0.232. The van der Waals surface area contributed by atoms with E-state index in [1.165, 1.54) is 44.6 Å². The van der Waals surface area contributed by atoms with Gasteiger partial charge in [0.05, 0.1) is 25.2 Å². The van der Waals surface area contributed by atoms with E-state index in [1.54, 1.807) is 0 Å². The molecule has 0 aliphatic carbocycles. The topological polar surface area (TPSA) is 70.8 Å². The van der Waals surface area contributed by atoms with Gasteiger partial charge in [0.2, 0.25) is 0 Å². The Morgan fingerprint density at radius 1 is 1.00 bits per heavy atom. The molecule has 0 atom stereocenters. The van der Waals surface area contributed by atoms with Crippen molar-refractivity contribution in [1.29, 1.82) is 0 Å². The van der Waals surface area contributed by atoms with Gasteiger partial charge in [0.25, 0.3) is 0 Å². The molecule has 0 heterocycles. The molecule has 21 heavy (non-hydrogen) atoms. The fourth-order valence-electron chi connectivity index (χ4n) is 1.72. The van der Waals surface area contributed by atoms with Crippen LogP contribution in [0, 0.1) is 15.9 Å². The molecule has 2 rings (SSSR count). The molecule has 0 N–H and O–H groups in total. The van der Waals surface area contributed by atoms with Crippen LogP contribution in [0.5, 0.6) is 23.0 Å². The van der Waals surface area contributed by atoms with Crippen molar-refractivity contribution >= 4 is 5.69 Å². The van der Waals surface area contributed by atoms with Gasteiger partial charge in [-0.3, -0.25) is 10.1 Å². The molecule has 0 saturated carbocycles. The smallest absolute Gasteiger partial charge is 0.314 e. The third-order valence-corrected chi connectivity index (χ3v) is 2.71. The van der Waals surface area contributed by atoms with Gasteiger partial charge in [0.15, 0.2) is 17.3 Å². The standard InChI is InChI=1S/C14H12FNO5/c1-19-13-5-3-9(7-11(13)15)21-10-4-6-14(20-2)12(8-10)16(17)18/h3-8H,1-2H3. The van der Waals surface area contributed by atoms with Crippen LogP contribution in [0.2, 0.25) is 0 Å². The number of hydrogen-bond acceptors (Lipinski definition) is 5. The van der Waals surface area contributed by atoms with Crippen LogP contribution in [-0.2, 0) is 0 Å². The van der Waals surface area contributed by atoms with Crippen LogP contribution < -0.4 is 14.2 Å². The van der Waals surface area contributed by atoms with Crippen molar-refractivity contribution < 1.29 is 23.5 Å². The highest BCUT2D eigenvalue weighted by Crippen LogP contribution is 2.33. The Morgan fingerprint density at radius 3 is 2.10 bits per heavy atom. The van der Waals surface area contributed by atoms with Gasteiger partial charge in [-0.1, -0.05) is 0 Å². The van der Waals surface area contributed by atoms with Crippen LogP contribution in [0.15, 0.2) is 36.4 Å². The molecule has 0 aromatic heterocycles. The van der Waals surface area contributed by atoms with E-state index in [1.807, 2.05) is 0 Å². The summed E-state index contributed by atoms with van der Waals surface area (Å²) < 4.78 is 28.6. The van der Waals surface area contributed by atoms with E-state index in [9.17, 15) is 14.5 Å². The molecule has 0 saturated heterocycles. The van der Waals surface area contributed by atoms with Crippen molar-refractivity contribution in [3.63, 3.8) is 0 Å². The summed E-state index contributed by atoms with van der Waals surface area (Å²) in [5.74, 6) is 0.0224. The Labute approximate surface area is 119 Å². The highest BCUT2D eigenvalue weighted by atomic mass is 19.1. The number of halogens is 1. The summed E-state index contributed by atoms with van der Waals surface area (Å²) in [4.78, 5) is 10.3. The van der Waals surface area contributed by atoms with Crippen molar-refractivity contribution in [2.75, 3.05) is 14.2 Å². The molecule has 110 valence electrons. The van der Waals surface area contributed by atoms with E-state index in [4.69, 9.17) is 14.2 Å². The molecule has 0 radical (unpaired) electrons. The van der Waals surface area contributed by atoms with Crippen LogP contribution in [-0.4, -0.2) is 19.1 Å². The van der Waals surface area contributed by atoms with Gasteiger partial charge in [-0.2, -0.15) is 0 Å². The molecular formula is C14H12FNO5. The van der Waals surface area contributed by atoms with Gasteiger partial charge in [-0.25, -0.2) is 4.39 Å². The van der Waals surface area contributed by atoms with Crippen molar-refractivity contribution in [3.8, 4) is 23.0 Å². The van der Waals surface area contributed by atoms with Crippen molar-refractivity contribution in [1.82, 2.24) is 0 Å². The lowest BCUT2D eigenvalue weighted by Gasteiger charge is -2.08. The van der Waals surface area contributed by atoms with Crippen molar-refractivity contribution in [2.45, 2.75) is 0 Å². The Kier molecular flexibility index (Phi) is 4.22. The Hall–Kier alpha value is -2.83. The molecule has 2 aromatic rings. The van der Waals surface area contributed by atoms with Crippen LogP contribution in [0.3, 0.4) is 0 Å². The molecule has 0 aliphatic rings. The van der Waals surface area contributed by atoms with E-state index >= 15 is 0 Å². The SMILES string of the molecule is COc1ccc(Oc2ccc(OC)c([N+](=O)[O-])c2)cc1F. The zero-order valence-corrected chi connectivity index (χ0v) is 11.3. The van der Waals surface area contributed by atoms with E-state index in [-0.39, 0.29) is 28.7 Å². The van der Waals surface area contributed by atoms with E-state index < -0.39 is 10.7 Å². The Balaban J connectivity index is 2.29. The summed E-state index contributed by atoms with van der Waals surface area (Å²) in [7, 11) is 2.69. The number of rotatable bonds is 5. The van der Waals surface area contributed by atoms with Crippen molar-refractivity contribution in [2.24, 2.45) is 0 Å². The van der Waals surface area contributed by atoms with Crippen LogP contribution in [0.1, 0.15) is 0 Å². The number of benzene rings is 2. The Morgan fingerprint density at radius 2 is 1.57 bits per heavy atom. The second kappa shape index (κ2) is 6.08. The van der Waals surface area contributed by atoms with Gasteiger partial charge in [0, 0.05) is 6.07 Å². The minimum Gasteiger partial charge on any atom is -0.494 e. The predicted molar refractivity (Wildman–Crippen MR) is 72.7 cm³/mol. The quantitative estimate of drug-likeness (QED) is 0.623. The average molecular weight is 293 g/mol. The maximum Gasteiger partial charge on any atom is 0.314 e. The summed E-state index contributed by atoms with van der Waals surface area (Å²) in [6.07, 6.45) is 0. The molecule has 0 aliphatic heterocycles. The number of nitro benzene ring substituents is 1. The fraction of sp³-hybridized carbons (Fsp3) is 0.143. The molecule has 0 spiro atoms. The minimum atomic E-state index is -0.585. The third kappa shape index (κ3) is 3.19. The molecule has 0 fully saturated rings. The lowest BCUT2D eigenvalue weighted by atomic mass is 10.2. The zero-order valence-electron chi connectivity index (χ0n) is 11.3. The molecule has 0 bridgehead atoms. The summed E-state index contributed by atoms with van der Waals surface area (Å²) in [6, 6.07) is 8.15. The third-order valence-electron chi connectivity index (χ3n) is 2.71. The first-order chi connectivity index (χ1) is 10.0. The van der Waals surface area contributed by atoms with Crippen LogP contribution in [0.4, 0.5) is 10.1 Å². The molecule has 6 nitrogen and oxygen atoms in total. The molecular weight excluding hydrogens is 281 g/mol. The molecule has 0 unspecified atom stereocenters. The van der Waals surface area contributed by atoms with Crippen LogP contribution >= 0.6 is 0 Å². The first-order valence-corrected chi connectivity index (χ1v) is 5.89. The molecule has 0 amide bonds. The van der Waals surface area contributed by atoms with Crippen molar-refractivity contribution in [3.05, 3.63) is 52.3 Å². The van der Waals surface area contributed by atoms with E-state index in [2.05, 4.69) is 0 Å². The second-order valence-electron chi connectivity index (χ2n) is 3.99. The van der Waals surface area contributed by atoms with Gasteiger partial charge < -0.3 is 14.2 Å². The zero-order chi connectivity index (χ0) is 15.4. The Bertz CT molecular complexity index is 674. The molecule has 7 heteroatoms. The predicted octanol–water partition coefficient (Wildman–Crippen LogP) is 3.54. The summed E-state index contributed by atoms with van der Waals surface area (Å²) in [5, 5.41) is 10.9. The van der Waals surface area contributed by atoms with Gasteiger partial charge >= 0.3 is 5.69 Å². The highest BCUT2D eigenvalue weighted by molar-refractivity contribution is 5.51. The van der Waals surface area contributed by atoms with Gasteiger partial charge in [-0.15, -0.1) is 0 Å². The van der Waals surface area contributed by atoms with Gasteiger partial charge in [0.1, 0.15) is 11.5 Å². The lowest BCUT2D eigenvalue weighted by Crippen LogP contribution is -1.95. The highest BCUT2D eigenvalue weighted by Gasteiger charge is 2.16. The fourth-order valence-corrected chi connectivity index (χ4v) is 1.72. The molecule has 2 aromatic carbocycles. The van der Waals surface area contributed by atoms with E-state index in [0.717, 1.165) is 6.07 Å². The maximum absolute atomic E-state index is 13.5. The number of hydrogen-bond donors (Lipinski definition) is 0. The second-order valence-corrected chi connectivity index (χ2v) is 3.99. The maximum atomic E-state index is 13.5. The number of nitro groups is 1. The first kappa shape index (κ1) is 14.6. The normalized spacial score (nSPS) is 10.0. The number of nitrogens with zero attached hydrogens (tertiary/aromatic N) is 1. The summed E-state index contributed by atoms with van der Waals surface area (Å²) >= 11 is 0. The summed E-state index contributed by atoms with van der Waals surface area (Å²) in [6.45, 7) is 0. The monoisotopic (exact) mass is 293 g/mol. The lowest BCUT2D eigenvalue weighted by molar-refractivity contribution is -0.385. The average Bonchev–Trinajstić information content (AvgIpc) is 2.47. The first-order valence-electron chi connectivity index (χ1n) is 5.89. The number of methoxy groups -OCH3 is 2. The van der Waals surface area contributed by atoms with Crippen LogP contribution in [0.25, 0.3) is 0 Å². The largest absolute Gasteiger partial charge is 0.494 e. The minimum absolute atomic E-state index is 0.0862.